The van der Waals surface area contributed by atoms with E-state index in [-0.39, 0.29) is 0 Å². The van der Waals surface area contributed by atoms with Crippen molar-refractivity contribution < 1.29 is 0 Å². The zero-order chi connectivity index (χ0) is 20.4. The average molecular weight is 432 g/mol. The van der Waals surface area contributed by atoms with E-state index in [1.807, 2.05) is 23.5 Å². The molecule has 1 aliphatic rings. The molecule has 7 rings (SSSR count). The van der Waals surface area contributed by atoms with Gasteiger partial charge in [0.05, 0.1) is 11.0 Å². The Morgan fingerprint density at radius 3 is 2.16 bits per heavy atom. The quantitative estimate of drug-likeness (QED) is 0.256. The lowest BCUT2D eigenvalue weighted by Crippen LogP contribution is -1.95. The number of rotatable bonds is 1. The second-order valence-corrected chi connectivity index (χ2v) is 9.96. The monoisotopic (exact) mass is 431 g/mol. The van der Waals surface area contributed by atoms with Crippen LogP contribution in [0, 0.1) is 0 Å². The van der Waals surface area contributed by atoms with Crippen LogP contribution in [-0.4, -0.2) is 4.57 Å². The molecule has 5 aromatic carbocycles. The van der Waals surface area contributed by atoms with E-state index in [9.17, 15) is 0 Å². The van der Waals surface area contributed by atoms with Crippen molar-refractivity contribution in [1.29, 1.82) is 0 Å². The highest BCUT2D eigenvalue weighted by molar-refractivity contribution is 8.05. The Morgan fingerprint density at radius 1 is 0.516 bits per heavy atom. The van der Waals surface area contributed by atoms with Gasteiger partial charge in [0.1, 0.15) is 0 Å². The Morgan fingerprint density at radius 2 is 1.26 bits per heavy atom. The van der Waals surface area contributed by atoms with Gasteiger partial charge < -0.3 is 4.57 Å². The van der Waals surface area contributed by atoms with Gasteiger partial charge in [0.2, 0.25) is 0 Å². The fourth-order valence-corrected chi connectivity index (χ4v) is 7.04. The first kappa shape index (κ1) is 17.5. The van der Waals surface area contributed by atoms with E-state index in [1.165, 1.54) is 57.8 Å². The molecule has 31 heavy (non-hydrogen) atoms. The molecule has 0 saturated carbocycles. The van der Waals surface area contributed by atoms with Crippen molar-refractivity contribution in [2.75, 3.05) is 0 Å². The number of para-hydroxylation sites is 1. The molecule has 2 heterocycles. The van der Waals surface area contributed by atoms with Crippen LogP contribution in [0.25, 0.3) is 38.3 Å². The largest absolute Gasteiger partial charge is 0.309 e. The van der Waals surface area contributed by atoms with Crippen molar-refractivity contribution in [3.63, 3.8) is 0 Å². The van der Waals surface area contributed by atoms with Crippen molar-refractivity contribution >= 4 is 56.1 Å². The van der Waals surface area contributed by atoms with Gasteiger partial charge in [-0.05, 0) is 53.2 Å². The molecule has 0 saturated heterocycles. The van der Waals surface area contributed by atoms with Crippen LogP contribution >= 0.6 is 23.5 Å². The highest BCUT2D eigenvalue weighted by Gasteiger charge is 2.23. The second kappa shape index (κ2) is 6.68. The van der Waals surface area contributed by atoms with Gasteiger partial charge >= 0.3 is 0 Å². The molecular formula is C28H17NS2. The second-order valence-electron chi connectivity index (χ2n) is 7.82. The summed E-state index contributed by atoms with van der Waals surface area (Å²) in [6.45, 7) is 0. The lowest BCUT2D eigenvalue weighted by atomic mass is 10.1. The van der Waals surface area contributed by atoms with Crippen LogP contribution in [0.5, 0.6) is 0 Å². The van der Waals surface area contributed by atoms with Crippen LogP contribution < -0.4 is 0 Å². The molecule has 0 amide bonds. The fourth-order valence-electron chi connectivity index (χ4n) is 4.63. The predicted octanol–water partition coefficient (Wildman–Crippen LogP) is 8.55. The highest BCUT2D eigenvalue weighted by Crippen LogP contribution is 2.52. The Labute approximate surface area is 188 Å². The third-order valence-electron chi connectivity index (χ3n) is 6.03. The van der Waals surface area contributed by atoms with Crippen LogP contribution in [0.15, 0.2) is 123 Å². The maximum Gasteiger partial charge on any atom is 0.0553 e. The number of benzene rings is 5. The molecule has 3 heteroatoms. The van der Waals surface area contributed by atoms with E-state index in [0.717, 1.165) is 0 Å². The van der Waals surface area contributed by atoms with Crippen molar-refractivity contribution in [1.82, 2.24) is 4.57 Å². The molecule has 6 aromatic rings. The minimum Gasteiger partial charge on any atom is -0.309 e. The van der Waals surface area contributed by atoms with Gasteiger partial charge in [-0.1, -0.05) is 84.2 Å². The number of fused-ring (bicyclic) bond motifs is 7. The third-order valence-corrected chi connectivity index (χ3v) is 8.63. The Kier molecular flexibility index (Phi) is 3.78. The summed E-state index contributed by atoms with van der Waals surface area (Å²) in [5.74, 6) is 0. The molecule has 0 N–H and O–H groups in total. The lowest BCUT2D eigenvalue weighted by Gasteiger charge is -2.19. The van der Waals surface area contributed by atoms with Crippen LogP contribution in [0.3, 0.4) is 0 Å². The third kappa shape index (κ3) is 2.60. The number of aromatic nitrogens is 1. The normalized spacial score (nSPS) is 12.9. The van der Waals surface area contributed by atoms with Gasteiger partial charge in [-0.15, -0.1) is 0 Å². The van der Waals surface area contributed by atoms with Crippen molar-refractivity contribution in [2.24, 2.45) is 0 Å². The molecular weight excluding hydrogens is 414 g/mol. The molecule has 0 radical (unpaired) electrons. The summed E-state index contributed by atoms with van der Waals surface area (Å²) in [7, 11) is 0. The van der Waals surface area contributed by atoms with Gasteiger partial charge in [0.15, 0.2) is 0 Å². The van der Waals surface area contributed by atoms with Crippen molar-refractivity contribution in [3.8, 4) is 5.69 Å². The molecule has 146 valence electrons. The summed E-state index contributed by atoms with van der Waals surface area (Å²) in [5, 5.41) is 5.21. The fraction of sp³-hybridized carbons (Fsp3) is 0. The molecule has 1 aromatic heterocycles. The van der Waals surface area contributed by atoms with Crippen LogP contribution in [0.1, 0.15) is 0 Å². The molecule has 1 nitrogen and oxygen atoms in total. The Bertz CT molecular complexity index is 1640. The molecule has 1 aliphatic heterocycles. The molecule has 0 fully saturated rings. The minimum absolute atomic E-state index is 1.21. The standard InChI is InChI=1S/C28H17NS2/c1-2-8-19-17-20(14-13-18(19)7-1)29-22-10-4-3-9-21(22)27-23(29)15-16-26-28(27)31-25-12-6-5-11-24(25)30-26/h1-17H. The van der Waals surface area contributed by atoms with E-state index in [0.29, 0.717) is 0 Å². The zero-order valence-electron chi connectivity index (χ0n) is 16.6. The summed E-state index contributed by atoms with van der Waals surface area (Å²) in [5.41, 5.74) is 3.73. The summed E-state index contributed by atoms with van der Waals surface area (Å²) in [4.78, 5) is 5.40. The SMILES string of the molecule is c1ccc2c(c1)Sc1ccc3c(c1S2)c1ccccc1n3-c1ccc2ccccc2c1. The molecule has 0 atom stereocenters. The summed E-state index contributed by atoms with van der Waals surface area (Å²) in [6.07, 6.45) is 0. The van der Waals surface area contributed by atoms with Crippen LogP contribution in [-0.2, 0) is 0 Å². The maximum absolute atomic E-state index is 2.42. The molecule has 0 spiro atoms. The van der Waals surface area contributed by atoms with Gasteiger partial charge in [-0.2, -0.15) is 0 Å². The Hall–Kier alpha value is -3.14. The molecule has 0 unspecified atom stereocenters. The van der Waals surface area contributed by atoms with E-state index in [2.05, 4.69) is 108 Å². The maximum atomic E-state index is 2.42. The molecule has 0 bridgehead atoms. The number of hydrogen-bond donors (Lipinski definition) is 0. The van der Waals surface area contributed by atoms with Crippen molar-refractivity contribution in [2.45, 2.75) is 19.6 Å². The van der Waals surface area contributed by atoms with Gasteiger partial charge in [0.25, 0.3) is 0 Å². The highest BCUT2D eigenvalue weighted by atomic mass is 32.2. The summed E-state index contributed by atoms with van der Waals surface area (Å²) >= 11 is 3.79. The molecule has 0 aliphatic carbocycles. The van der Waals surface area contributed by atoms with Gasteiger partial charge in [-0.3, -0.25) is 0 Å². The van der Waals surface area contributed by atoms with E-state index in [1.54, 1.807) is 0 Å². The summed E-state index contributed by atoms with van der Waals surface area (Å²) < 4.78 is 2.42. The van der Waals surface area contributed by atoms with Gasteiger partial charge in [0, 0.05) is 36.0 Å². The number of nitrogens with zero attached hydrogens (tertiary/aromatic N) is 1. The Balaban J connectivity index is 1.56. The van der Waals surface area contributed by atoms with Crippen molar-refractivity contribution in [3.05, 3.63) is 103 Å². The lowest BCUT2D eigenvalue weighted by molar-refractivity contribution is 1.16. The van der Waals surface area contributed by atoms with E-state index >= 15 is 0 Å². The van der Waals surface area contributed by atoms with E-state index in [4.69, 9.17) is 0 Å². The topological polar surface area (TPSA) is 4.93 Å². The average Bonchev–Trinajstić information content (AvgIpc) is 3.17. The smallest absolute Gasteiger partial charge is 0.0553 e. The van der Waals surface area contributed by atoms with Crippen LogP contribution in [0.2, 0.25) is 0 Å². The van der Waals surface area contributed by atoms with Crippen LogP contribution in [0.4, 0.5) is 0 Å². The van der Waals surface area contributed by atoms with E-state index < -0.39 is 0 Å². The zero-order valence-corrected chi connectivity index (χ0v) is 18.2. The first-order chi connectivity index (χ1) is 15.4. The minimum atomic E-state index is 1.21. The first-order valence-electron chi connectivity index (χ1n) is 10.4. The summed E-state index contributed by atoms with van der Waals surface area (Å²) in [6, 6.07) is 37.5. The first-order valence-corrected chi connectivity index (χ1v) is 12.0. The van der Waals surface area contributed by atoms with Gasteiger partial charge in [-0.25, -0.2) is 0 Å². The number of hydrogen-bond acceptors (Lipinski definition) is 2. The predicted molar refractivity (Wildman–Crippen MR) is 133 cm³/mol.